The van der Waals surface area contributed by atoms with Crippen molar-refractivity contribution < 1.29 is 9.90 Å². The van der Waals surface area contributed by atoms with Crippen LogP contribution in [0.15, 0.2) is 18.2 Å². The minimum absolute atomic E-state index is 0.309. The van der Waals surface area contributed by atoms with Crippen molar-refractivity contribution in [1.82, 2.24) is 9.97 Å². The zero-order valence-corrected chi connectivity index (χ0v) is 14.2. The monoisotopic (exact) mass is 327 g/mol. The smallest absolute Gasteiger partial charge is 0.346 e. The lowest BCUT2D eigenvalue weighted by atomic mass is 10.1. The number of aromatic nitrogens is 2. The lowest BCUT2D eigenvalue weighted by Crippen LogP contribution is -2.00. The van der Waals surface area contributed by atoms with Gasteiger partial charge in [0.05, 0.1) is 5.39 Å². The molecule has 6 heteroatoms. The van der Waals surface area contributed by atoms with E-state index in [1.165, 1.54) is 16.9 Å². The standard InChI is InChI=1S/C17H17N3O2S/c1-8-5-6-12(9(2)7-8)20-15-13-10(3)14(17(21)22)23-16(13)19-11(4)18-15/h5-7H,1-4H3,(H,21,22)(H,18,19,20). The van der Waals surface area contributed by atoms with E-state index in [-0.39, 0.29) is 0 Å². The highest BCUT2D eigenvalue weighted by Crippen LogP contribution is 2.35. The first-order chi connectivity index (χ1) is 10.9. The molecule has 0 atom stereocenters. The number of benzene rings is 1. The summed E-state index contributed by atoms with van der Waals surface area (Å²) in [6.07, 6.45) is 0. The summed E-state index contributed by atoms with van der Waals surface area (Å²) in [5.74, 6) is 0.337. The van der Waals surface area contributed by atoms with Crippen LogP contribution < -0.4 is 5.32 Å². The molecule has 0 amide bonds. The van der Waals surface area contributed by atoms with E-state index in [9.17, 15) is 9.90 Å². The molecule has 3 rings (SSSR count). The zero-order valence-electron chi connectivity index (χ0n) is 13.4. The average Bonchev–Trinajstić information content (AvgIpc) is 2.79. The van der Waals surface area contributed by atoms with Gasteiger partial charge in [0, 0.05) is 5.69 Å². The minimum Gasteiger partial charge on any atom is -0.477 e. The molecule has 5 nitrogen and oxygen atoms in total. The van der Waals surface area contributed by atoms with Crippen molar-refractivity contribution >= 4 is 39.0 Å². The van der Waals surface area contributed by atoms with Crippen LogP contribution in [-0.4, -0.2) is 21.0 Å². The van der Waals surface area contributed by atoms with Gasteiger partial charge in [0.15, 0.2) is 0 Å². The van der Waals surface area contributed by atoms with Crippen LogP contribution in [0.4, 0.5) is 11.5 Å². The fourth-order valence-electron chi connectivity index (χ4n) is 2.62. The van der Waals surface area contributed by atoms with Crippen molar-refractivity contribution in [2.75, 3.05) is 5.32 Å². The van der Waals surface area contributed by atoms with Gasteiger partial charge in [0.25, 0.3) is 0 Å². The topological polar surface area (TPSA) is 75.1 Å². The number of rotatable bonds is 3. The molecule has 2 N–H and O–H groups in total. The van der Waals surface area contributed by atoms with Gasteiger partial charge in [-0.25, -0.2) is 14.8 Å². The fourth-order valence-corrected chi connectivity index (χ4v) is 3.69. The van der Waals surface area contributed by atoms with E-state index < -0.39 is 5.97 Å². The van der Waals surface area contributed by atoms with Crippen molar-refractivity contribution in [2.24, 2.45) is 0 Å². The largest absolute Gasteiger partial charge is 0.477 e. The van der Waals surface area contributed by atoms with E-state index in [1.54, 1.807) is 6.92 Å². The van der Waals surface area contributed by atoms with Gasteiger partial charge in [0.2, 0.25) is 0 Å². The molecule has 0 aliphatic heterocycles. The Morgan fingerprint density at radius 1 is 1.17 bits per heavy atom. The number of carboxylic acids is 1. The maximum absolute atomic E-state index is 11.4. The normalized spacial score (nSPS) is 11.0. The second-order valence-electron chi connectivity index (χ2n) is 5.60. The van der Waals surface area contributed by atoms with E-state index in [4.69, 9.17) is 0 Å². The van der Waals surface area contributed by atoms with E-state index in [1.807, 2.05) is 32.9 Å². The summed E-state index contributed by atoms with van der Waals surface area (Å²) >= 11 is 1.19. The molecule has 0 saturated heterocycles. The van der Waals surface area contributed by atoms with Gasteiger partial charge in [-0.1, -0.05) is 17.7 Å². The van der Waals surface area contributed by atoms with Crippen molar-refractivity contribution in [2.45, 2.75) is 27.7 Å². The number of anilines is 2. The van der Waals surface area contributed by atoms with Crippen LogP contribution >= 0.6 is 11.3 Å². The average molecular weight is 327 g/mol. The second-order valence-corrected chi connectivity index (χ2v) is 6.60. The predicted molar refractivity (Wildman–Crippen MR) is 93.0 cm³/mol. The summed E-state index contributed by atoms with van der Waals surface area (Å²) in [7, 11) is 0. The highest BCUT2D eigenvalue weighted by atomic mass is 32.1. The minimum atomic E-state index is -0.930. The highest BCUT2D eigenvalue weighted by molar-refractivity contribution is 7.20. The first kappa shape index (κ1) is 15.4. The number of nitrogens with zero attached hydrogens (tertiary/aromatic N) is 2. The quantitative estimate of drug-likeness (QED) is 0.747. The Bertz CT molecular complexity index is 931. The predicted octanol–water partition coefficient (Wildman–Crippen LogP) is 4.37. The Hall–Kier alpha value is -2.47. The van der Waals surface area contributed by atoms with Crippen LogP contribution in [0, 0.1) is 27.7 Å². The lowest BCUT2D eigenvalue weighted by molar-refractivity contribution is 0.0701. The van der Waals surface area contributed by atoms with E-state index >= 15 is 0 Å². The maximum Gasteiger partial charge on any atom is 0.346 e. The molecule has 0 bridgehead atoms. The SMILES string of the molecule is Cc1ccc(Nc2nc(C)nc3sc(C(=O)O)c(C)c23)c(C)c1. The summed E-state index contributed by atoms with van der Waals surface area (Å²) in [5, 5.41) is 13.4. The van der Waals surface area contributed by atoms with Crippen molar-refractivity contribution in [3.63, 3.8) is 0 Å². The molecule has 0 aliphatic carbocycles. The summed E-state index contributed by atoms with van der Waals surface area (Å²) in [5.41, 5.74) is 3.96. The zero-order chi connectivity index (χ0) is 16.7. The lowest BCUT2D eigenvalue weighted by Gasteiger charge is -2.11. The first-order valence-electron chi connectivity index (χ1n) is 7.22. The molecule has 0 fully saturated rings. The molecule has 0 saturated carbocycles. The molecule has 2 aromatic heterocycles. The fraction of sp³-hybridized carbons (Fsp3) is 0.235. The van der Waals surface area contributed by atoms with Gasteiger partial charge in [-0.15, -0.1) is 11.3 Å². The van der Waals surface area contributed by atoms with E-state index in [2.05, 4.69) is 21.4 Å². The Morgan fingerprint density at radius 2 is 1.91 bits per heavy atom. The number of aromatic carboxylic acids is 1. The second kappa shape index (κ2) is 5.62. The molecule has 3 aromatic rings. The van der Waals surface area contributed by atoms with Gasteiger partial charge in [-0.2, -0.15) is 0 Å². The van der Waals surface area contributed by atoms with Crippen LogP contribution in [0.3, 0.4) is 0 Å². The Kier molecular flexibility index (Phi) is 3.77. The third-order valence-electron chi connectivity index (χ3n) is 3.73. The molecular weight excluding hydrogens is 310 g/mol. The van der Waals surface area contributed by atoms with Gasteiger partial charge in [0.1, 0.15) is 21.3 Å². The Labute approximate surface area is 138 Å². The van der Waals surface area contributed by atoms with Gasteiger partial charge >= 0.3 is 5.97 Å². The Morgan fingerprint density at radius 3 is 2.57 bits per heavy atom. The molecule has 2 heterocycles. The van der Waals surface area contributed by atoms with E-state index in [0.29, 0.717) is 26.9 Å². The molecule has 23 heavy (non-hydrogen) atoms. The molecule has 1 aromatic carbocycles. The van der Waals surface area contributed by atoms with Crippen LogP contribution in [-0.2, 0) is 0 Å². The molecule has 0 aliphatic rings. The van der Waals surface area contributed by atoms with E-state index in [0.717, 1.165) is 16.6 Å². The highest BCUT2D eigenvalue weighted by Gasteiger charge is 2.19. The molecule has 0 unspecified atom stereocenters. The number of carboxylic acid groups (broad SMARTS) is 1. The van der Waals surface area contributed by atoms with Gasteiger partial charge in [-0.05, 0) is 44.9 Å². The number of aryl methyl sites for hydroxylation is 4. The summed E-state index contributed by atoms with van der Waals surface area (Å²) in [6, 6.07) is 6.13. The van der Waals surface area contributed by atoms with Crippen LogP contribution in [0.25, 0.3) is 10.2 Å². The number of fused-ring (bicyclic) bond motifs is 1. The van der Waals surface area contributed by atoms with Gasteiger partial charge < -0.3 is 10.4 Å². The van der Waals surface area contributed by atoms with Crippen molar-refractivity contribution in [3.05, 3.63) is 45.6 Å². The third-order valence-corrected chi connectivity index (χ3v) is 4.90. The van der Waals surface area contributed by atoms with Crippen molar-refractivity contribution in [1.29, 1.82) is 0 Å². The summed E-state index contributed by atoms with van der Waals surface area (Å²) in [4.78, 5) is 21.2. The number of thiophene rings is 1. The molecular formula is C17H17N3O2S. The maximum atomic E-state index is 11.4. The summed E-state index contributed by atoms with van der Waals surface area (Å²) < 4.78 is 0. The van der Waals surface area contributed by atoms with Crippen LogP contribution in [0.1, 0.15) is 32.2 Å². The van der Waals surface area contributed by atoms with Crippen molar-refractivity contribution in [3.8, 4) is 0 Å². The Balaban J connectivity index is 2.18. The van der Waals surface area contributed by atoms with Crippen LogP contribution in [0.5, 0.6) is 0 Å². The number of hydrogen-bond acceptors (Lipinski definition) is 5. The first-order valence-corrected chi connectivity index (χ1v) is 8.03. The van der Waals surface area contributed by atoms with Gasteiger partial charge in [-0.3, -0.25) is 0 Å². The third kappa shape index (κ3) is 2.77. The summed E-state index contributed by atoms with van der Waals surface area (Å²) in [6.45, 7) is 7.69. The molecule has 118 valence electrons. The number of hydrogen-bond donors (Lipinski definition) is 2. The number of nitrogens with one attached hydrogen (secondary N) is 1. The molecule has 0 spiro atoms. The molecule has 0 radical (unpaired) electrons. The van der Waals surface area contributed by atoms with Crippen LogP contribution in [0.2, 0.25) is 0 Å². The number of carbonyl (C=O) groups is 1.